The fraction of sp³-hybridized carbons (Fsp3) is 0.923. The van der Waals surface area contributed by atoms with Gasteiger partial charge in [-0.2, -0.15) is 0 Å². The maximum absolute atomic E-state index is 5.51. The van der Waals surface area contributed by atoms with E-state index in [1.807, 2.05) is 11.8 Å². The Hall–Kier alpha value is -0.340. The molecule has 0 N–H and O–H groups in total. The number of amidine groups is 1. The number of ether oxygens (including phenoxy) is 2. The number of fused-ring (bicyclic) bond motifs is 1. The highest BCUT2D eigenvalue weighted by molar-refractivity contribution is 8.14. The summed E-state index contributed by atoms with van der Waals surface area (Å²) in [6.45, 7) is 8.55. The molecule has 0 aromatic rings. The van der Waals surface area contributed by atoms with Crippen molar-refractivity contribution < 1.29 is 9.47 Å². The van der Waals surface area contributed by atoms with Gasteiger partial charge in [0.2, 0.25) is 0 Å². The molecule has 0 radical (unpaired) electrons. The molecule has 3 saturated heterocycles. The zero-order valence-corrected chi connectivity index (χ0v) is 12.6. The van der Waals surface area contributed by atoms with Crippen molar-refractivity contribution in [3.8, 4) is 0 Å². The Morgan fingerprint density at radius 1 is 0.900 bits per heavy atom. The zero-order chi connectivity index (χ0) is 13.4. The summed E-state index contributed by atoms with van der Waals surface area (Å²) in [6, 6.07) is 0. The minimum Gasteiger partial charge on any atom is -0.379 e. The van der Waals surface area contributed by atoms with Crippen LogP contribution < -0.4 is 0 Å². The van der Waals surface area contributed by atoms with Crippen LogP contribution in [0.25, 0.3) is 0 Å². The van der Waals surface area contributed by atoms with Gasteiger partial charge in [-0.05, 0) is 0 Å². The summed E-state index contributed by atoms with van der Waals surface area (Å²) >= 11 is 1.91. The molecule has 0 unspecified atom stereocenters. The Morgan fingerprint density at radius 2 is 1.55 bits per heavy atom. The first kappa shape index (κ1) is 13.3. The third-order valence-corrected chi connectivity index (χ3v) is 5.46. The van der Waals surface area contributed by atoms with E-state index < -0.39 is 0 Å². The smallest absolute Gasteiger partial charge is 0.162 e. The molecule has 0 aliphatic carbocycles. The largest absolute Gasteiger partial charge is 0.379 e. The van der Waals surface area contributed by atoms with Crippen LogP contribution in [-0.2, 0) is 9.47 Å². The summed E-state index contributed by atoms with van der Waals surface area (Å²) in [5.41, 5.74) is 0. The molecule has 0 amide bonds. The average Bonchev–Trinajstić information content (AvgIpc) is 3.09. The number of aliphatic imine (C=N–C) groups is 1. The normalized spacial score (nSPS) is 36.2. The molecule has 6 nitrogen and oxygen atoms in total. The van der Waals surface area contributed by atoms with Crippen molar-refractivity contribution in [1.29, 1.82) is 0 Å². The van der Waals surface area contributed by atoms with Gasteiger partial charge in [-0.3, -0.25) is 9.80 Å². The van der Waals surface area contributed by atoms with Crippen LogP contribution in [-0.4, -0.2) is 97.1 Å². The number of hydrogen-bond acceptors (Lipinski definition) is 7. The molecule has 4 heterocycles. The van der Waals surface area contributed by atoms with Crippen molar-refractivity contribution in [1.82, 2.24) is 14.7 Å². The molecule has 0 aromatic carbocycles. The van der Waals surface area contributed by atoms with Gasteiger partial charge in [0.1, 0.15) is 12.3 Å². The Bertz CT molecular complexity index is 383. The van der Waals surface area contributed by atoms with Gasteiger partial charge in [0.05, 0.1) is 26.4 Å². The van der Waals surface area contributed by atoms with Gasteiger partial charge in [0.15, 0.2) is 5.17 Å². The lowest BCUT2D eigenvalue weighted by atomic mass is 10.2. The second-order valence-electron chi connectivity index (χ2n) is 5.58. The zero-order valence-electron chi connectivity index (χ0n) is 11.7. The Labute approximate surface area is 124 Å². The van der Waals surface area contributed by atoms with E-state index in [0.29, 0.717) is 6.17 Å². The van der Waals surface area contributed by atoms with E-state index in [4.69, 9.17) is 14.5 Å². The number of thioether (sulfide) groups is 1. The maximum atomic E-state index is 5.51. The Kier molecular flexibility index (Phi) is 3.87. The quantitative estimate of drug-likeness (QED) is 0.698. The molecule has 2 atom stereocenters. The molecule has 0 spiro atoms. The average molecular weight is 298 g/mol. The summed E-state index contributed by atoms with van der Waals surface area (Å²) in [6.07, 6.45) is 0.682. The monoisotopic (exact) mass is 298 g/mol. The van der Waals surface area contributed by atoms with Gasteiger partial charge in [0, 0.05) is 38.5 Å². The van der Waals surface area contributed by atoms with Crippen molar-refractivity contribution in [2.24, 2.45) is 4.99 Å². The summed E-state index contributed by atoms with van der Waals surface area (Å²) in [5, 5.41) is 1.25. The van der Waals surface area contributed by atoms with Crippen LogP contribution in [0.1, 0.15) is 0 Å². The Morgan fingerprint density at radius 3 is 2.25 bits per heavy atom. The molecule has 0 bridgehead atoms. The molecule has 4 aliphatic rings. The van der Waals surface area contributed by atoms with Crippen LogP contribution in [0.3, 0.4) is 0 Å². The number of rotatable bonds is 2. The summed E-state index contributed by atoms with van der Waals surface area (Å²) in [4.78, 5) is 12.6. The molecule has 112 valence electrons. The molecule has 4 rings (SSSR count). The van der Waals surface area contributed by atoms with E-state index >= 15 is 0 Å². The van der Waals surface area contributed by atoms with E-state index in [9.17, 15) is 0 Å². The lowest BCUT2D eigenvalue weighted by Crippen LogP contribution is -2.59. The molecule has 0 aromatic heterocycles. The predicted octanol–water partition coefficient (Wildman–Crippen LogP) is -0.279. The SMILES string of the molecule is C1CN([C@@H]2N=C3SCCN3[C@H]2N2CCOCC2)CCO1. The number of nitrogens with zero attached hydrogens (tertiary/aromatic N) is 4. The van der Waals surface area contributed by atoms with E-state index in [0.717, 1.165) is 59.2 Å². The molecular formula is C13H22N4O2S. The molecule has 4 aliphatic heterocycles. The number of morpholine rings is 2. The molecule has 7 heteroatoms. The maximum Gasteiger partial charge on any atom is 0.162 e. The van der Waals surface area contributed by atoms with Crippen molar-refractivity contribution in [3.63, 3.8) is 0 Å². The minimum absolute atomic E-state index is 0.278. The van der Waals surface area contributed by atoms with Crippen molar-refractivity contribution in [2.45, 2.75) is 12.3 Å². The van der Waals surface area contributed by atoms with Gasteiger partial charge in [-0.1, -0.05) is 11.8 Å². The van der Waals surface area contributed by atoms with Crippen LogP contribution in [0.15, 0.2) is 4.99 Å². The summed E-state index contributed by atoms with van der Waals surface area (Å²) in [7, 11) is 0. The van der Waals surface area contributed by atoms with E-state index in [2.05, 4.69) is 14.7 Å². The highest BCUT2D eigenvalue weighted by Gasteiger charge is 2.45. The molecule has 20 heavy (non-hydrogen) atoms. The van der Waals surface area contributed by atoms with Crippen molar-refractivity contribution in [3.05, 3.63) is 0 Å². The lowest BCUT2D eigenvalue weighted by Gasteiger charge is -2.42. The summed E-state index contributed by atoms with van der Waals surface area (Å²) < 4.78 is 11.0. The number of hydrogen-bond donors (Lipinski definition) is 0. The fourth-order valence-electron chi connectivity index (χ4n) is 3.45. The van der Waals surface area contributed by atoms with Crippen LogP contribution in [0.5, 0.6) is 0 Å². The first-order valence-electron chi connectivity index (χ1n) is 7.54. The van der Waals surface area contributed by atoms with Crippen molar-refractivity contribution >= 4 is 16.9 Å². The predicted molar refractivity (Wildman–Crippen MR) is 79.0 cm³/mol. The van der Waals surface area contributed by atoms with Gasteiger partial charge in [-0.25, -0.2) is 4.99 Å². The van der Waals surface area contributed by atoms with Crippen LogP contribution >= 0.6 is 11.8 Å². The molecule has 3 fully saturated rings. The summed E-state index contributed by atoms with van der Waals surface area (Å²) in [5.74, 6) is 1.18. The topological polar surface area (TPSA) is 40.5 Å². The molecule has 0 saturated carbocycles. The first-order valence-corrected chi connectivity index (χ1v) is 8.53. The lowest BCUT2D eigenvalue weighted by molar-refractivity contribution is -0.0554. The van der Waals surface area contributed by atoms with E-state index in [1.54, 1.807) is 0 Å². The third kappa shape index (κ3) is 2.35. The van der Waals surface area contributed by atoms with Gasteiger partial charge >= 0.3 is 0 Å². The van der Waals surface area contributed by atoms with Crippen LogP contribution in [0.4, 0.5) is 0 Å². The fourth-order valence-corrected chi connectivity index (χ4v) is 4.47. The molecular weight excluding hydrogens is 276 g/mol. The highest BCUT2D eigenvalue weighted by Crippen LogP contribution is 2.33. The van der Waals surface area contributed by atoms with Gasteiger partial charge in [0.25, 0.3) is 0 Å². The van der Waals surface area contributed by atoms with E-state index in [1.165, 1.54) is 10.9 Å². The van der Waals surface area contributed by atoms with Crippen LogP contribution in [0, 0.1) is 0 Å². The van der Waals surface area contributed by atoms with Gasteiger partial charge < -0.3 is 14.4 Å². The second-order valence-corrected chi connectivity index (χ2v) is 6.64. The van der Waals surface area contributed by atoms with Crippen molar-refractivity contribution in [2.75, 3.05) is 64.9 Å². The third-order valence-electron chi connectivity index (χ3n) is 4.48. The Balaban J connectivity index is 1.55. The van der Waals surface area contributed by atoms with Gasteiger partial charge in [-0.15, -0.1) is 0 Å². The second kappa shape index (κ2) is 5.81. The van der Waals surface area contributed by atoms with E-state index in [-0.39, 0.29) is 6.17 Å². The van der Waals surface area contributed by atoms with Crippen LogP contribution in [0.2, 0.25) is 0 Å². The highest BCUT2D eigenvalue weighted by atomic mass is 32.2. The minimum atomic E-state index is 0.278. The first-order chi connectivity index (χ1) is 9.93. The standard InChI is InChI=1S/C13H22N4O2S/c1-6-18-7-2-15(1)11-12(16-3-8-19-9-4-16)17-5-10-20-13(17)14-11/h11-12H,1-10H2/t11-,12+/m0/s1.